The third-order valence-electron chi connectivity index (χ3n) is 4.51. The summed E-state index contributed by atoms with van der Waals surface area (Å²) in [5, 5.41) is 7.33. The third-order valence-corrected chi connectivity index (χ3v) is 4.51. The second kappa shape index (κ2) is 7.03. The van der Waals surface area contributed by atoms with Gasteiger partial charge in [-0.25, -0.2) is 9.97 Å². The summed E-state index contributed by atoms with van der Waals surface area (Å²) in [6.45, 7) is 7.57. The summed E-state index contributed by atoms with van der Waals surface area (Å²) in [5.41, 5.74) is 4.80. The van der Waals surface area contributed by atoms with Crippen molar-refractivity contribution in [3.05, 3.63) is 58.9 Å². The monoisotopic (exact) mass is 350 g/mol. The lowest BCUT2D eigenvalue weighted by atomic mass is 10.1. The van der Waals surface area contributed by atoms with Crippen LogP contribution in [0.4, 0.5) is 0 Å². The Bertz CT molecular complexity index is 948. The maximum atomic E-state index is 12.7. The van der Waals surface area contributed by atoms with E-state index in [2.05, 4.69) is 25.4 Å². The van der Waals surface area contributed by atoms with Gasteiger partial charge in [-0.3, -0.25) is 14.5 Å². The molecule has 0 saturated carbocycles. The van der Waals surface area contributed by atoms with E-state index >= 15 is 0 Å². The molecule has 7 nitrogen and oxygen atoms in total. The molecule has 3 aromatic rings. The smallest absolute Gasteiger partial charge is 0.255 e. The molecule has 0 unspecified atom stereocenters. The van der Waals surface area contributed by atoms with Gasteiger partial charge in [-0.2, -0.15) is 5.10 Å². The topological polar surface area (TPSA) is 85.6 Å². The molecule has 134 valence electrons. The lowest BCUT2D eigenvalue weighted by molar-refractivity contribution is 0.0938. The number of carbonyl (C=O) groups is 1. The number of carbonyl (C=O) groups excluding carboxylic acids is 1. The van der Waals surface area contributed by atoms with Gasteiger partial charge in [0, 0.05) is 48.2 Å². The van der Waals surface area contributed by atoms with Crippen molar-refractivity contribution in [1.29, 1.82) is 0 Å². The summed E-state index contributed by atoms with van der Waals surface area (Å²) >= 11 is 0. The molecular weight excluding hydrogens is 328 g/mol. The van der Waals surface area contributed by atoms with Crippen LogP contribution in [0.15, 0.2) is 30.7 Å². The Hall–Kier alpha value is -3.09. The van der Waals surface area contributed by atoms with Crippen LogP contribution < -0.4 is 5.32 Å². The second-order valence-electron chi connectivity index (χ2n) is 6.33. The van der Waals surface area contributed by atoms with Crippen molar-refractivity contribution in [2.45, 2.75) is 33.7 Å². The van der Waals surface area contributed by atoms with Gasteiger partial charge >= 0.3 is 0 Å². The number of aromatic nitrogens is 5. The summed E-state index contributed by atoms with van der Waals surface area (Å²) in [6, 6.07) is 3.52. The van der Waals surface area contributed by atoms with Gasteiger partial charge in [0.15, 0.2) is 5.82 Å². The van der Waals surface area contributed by atoms with E-state index in [1.807, 2.05) is 46.9 Å². The van der Waals surface area contributed by atoms with Crippen molar-refractivity contribution in [1.82, 2.24) is 30.0 Å². The first-order valence-electron chi connectivity index (χ1n) is 8.43. The summed E-state index contributed by atoms with van der Waals surface area (Å²) in [6.07, 6.45) is 5.19. The van der Waals surface area contributed by atoms with Gasteiger partial charge in [0.25, 0.3) is 5.91 Å². The fraction of sp³-hybridized carbons (Fsp3) is 0.316. The Morgan fingerprint density at radius 3 is 2.42 bits per heavy atom. The Labute approximate surface area is 152 Å². The van der Waals surface area contributed by atoms with Gasteiger partial charge in [-0.1, -0.05) is 0 Å². The van der Waals surface area contributed by atoms with Crippen LogP contribution in [0.3, 0.4) is 0 Å². The van der Waals surface area contributed by atoms with Crippen molar-refractivity contribution in [3.63, 3.8) is 0 Å². The predicted molar refractivity (Wildman–Crippen MR) is 98.6 cm³/mol. The average molecular weight is 350 g/mol. The lowest BCUT2D eigenvalue weighted by Crippen LogP contribution is -2.28. The number of amides is 1. The minimum absolute atomic E-state index is 0.141. The quantitative estimate of drug-likeness (QED) is 0.782. The van der Waals surface area contributed by atoms with Crippen molar-refractivity contribution in [2.75, 3.05) is 0 Å². The van der Waals surface area contributed by atoms with Crippen LogP contribution >= 0.6 is 0 Å². The number of hydrogen-bond acceptors (Lipinski definition) is 5. The van der Waals surface area contributed by atoms with Crippen LogP contribution in [0.2, 0.25) is 0 Å². The molecule has 26 heavy (non-hydrogen) atoms. The Balaban J connectivity index is 1.82. The van der Waals surface area contributed by atoms with E-state index in [0.717, 1.165) is 28.2 Å². The maximum Gasteiger partial charge on any atom is 0.255 e. The number of rotatable bonds is 4. The average Bonchev–Trinajstić information content (AvgIpc) is 2.87. The van der Waals surface area contributed by atoms with Gasteiger partial charge in [-0.15, -0.1) is 0 Å². The zero-order valence-electron chi connectivity index (χ0n) is 15.6. The van der Waals surface area contributed by atoms with Crippen molar-refractivity contribution < 1.29 is 4.79 Å². The van der Waals surface area contributed by atoms with Gasteiger partial charge in [0.1, 0.15) is 0 Å². The second-order valence-corrected chi connectivity index (χ2v) is 6.33. The third kappa shape index (κ3) is 3.33. The molecule has 1 N–H and O–H groups in total. The summed E-state index contributed by atoms with van der Waals surface area (Å²) in [7, 11) is 1.83. The number of nitrogens with zero attached hydrogens (tertiary/aromatic N) is 5. The first-order valence-corrected chi connectivity index (χ1v) is 8.43. The van der Waals surface area contributed by atoms with Crippen LogP contribution in [0.1, 0.15) is 46.0 Å². The van der Waals surface area contributed by atoms with Crippen molar-refractivity contribution in [3.8, 4) is 11.4 Å². The molecule has 1 atom stereocenters. The molecule has 3 heterocycles. The largest absolute Gasteiger partial charge is 0.345 e. The van der Waals surface area contributed by atoms with Crippen LogP contribution in [0.5, 0.6) is 0 Å². The van der Waals surface area contributed by atoms with Crippen molar-refractivity contribution in [2.24, 2.45) is 7.05 Å². The summed E-state index contributed by atoms with van der Waals surface area (Å²) < 4.78 is 1.72. The number of aryl methyl sites for hydroxylation is 3. The van der Waals surface area contributed by atoms with E-state index in [9.17, 15) is 4.79 Å². The highest BCUT2D eigenvalue weighted by Crippen LogP contribution is 2.20. The normalized spacial score (nSPS) is 12.0. The highest BCUT2D eigenvalue weighted by molar-refractivity contribution is 5.96. The van der Waals surface area contributed by atoms with E-state index in [0.29, 0.717) is 11.4 Å². The summed E-state index contributed by atoms with van der Waals surface area (Å²) in [5.74, 6) is 0.504. The molecule has 0 aliphatic carbocycles. The molecule has 0 aliphatic rings. The zero-order chi connectivity index (χ0) is 18.8. The number of pyridine rings is 1. The zero-order valence-corrected chi connectivity index (χ0v) is 15.6. The molecule has 0 aliphatic heterocycles. The lowest BCUT2D eigenvalue weighted by Gasteiger charge is -2.16. The highest BCUT2D eigenvalue weighted by atomic mass is 16.1. The van der Waals surface area contributed by atoms with E-state index in [1.165, 1.54) is 0 Å². The van der Waals surface area contributed by atoms with Crippen LogP contribution in [0.25, 0.3) is 11.4 Å². The van der Waals surface area contributed by atoms with Crippen molar-refractivity contribution >= 4 is 5.91 Å². The molecule has 7 heteroatoms. The minimum atomic E-state index is -0.215. The molecule has 1 amide bonds. The highest BCUT2D eigenvalue weighted by Gasteiger charge is 2.20. The van der Waals surface area contributed by atoms with E-state index in [-0.39, 0.29) is 11.9 Å². The number of hydrogen-bond donors (Lipinski definition) is 1. The molecular formula is C19H22N6O. The molecule has 3 aromatic heterocycles. The first kappa shape index (κ1) is 17.7. The van der Waals surface area contributed by atoms with Crippen LogP contribution in [-0.4, -0.2) is 30.6 Å². The summed E-state index contributed by atoms with van der Waals surface area (Å²) in [4.78, 5) is 25.7. The Kier molecular flexibility index (Phi) is 4.79. The van der Waals surface area contributed by atoms with Gasteiger partial charge in [0.2, 0.25) is 0 Å². The first-order chi connectivity index (χ1) is 12.4. The predicted octanol–water partition coefficient (Wildman–Crippen LogP) is 2.69. The molecule has 0 spiro atoms. The van der Waals surface area contributed by atoms with E-state index in [4.69, 9.17) is 0 Å². The molecule has 3 rings (SSSR count). The molecule has 0 radical (unpaired) electrons. The fourth-order valence-electron chi connectivity index (χ4n) is 2.99. The standard InChI is InChI=1S/C19H22N6O/c1-11-16(10-21-18(22-11)15-6-8-20-9-7-15)12(2)23-19(26)17-13(3)24-25(5)14(17)4/h6-10,12H,1-5H3,(H,23,26)/t12-/m1/s1. The van der Waals surface area contributed by atoms with Gasteiger partial charge in [0.05, 0.1) is 17.3 Å². The maximum absolute atomic E-state index is 12.7. The van der Waals surface area contributed by atoms with Gasteiger partial charge in [-0.05, 0) is 39.8 Å². The molecule has 0 fully saturated rings. The van der Waals surface area contributed by atoms with Gasteiger partial charge < -0.3 is 5.32 Å². The number of nitrogens with one attached hydrogen (secondary N) is 1. The Morgan fingerprint density at radius 2 is 1.85 bits per heavy atom. The fourth-order valence-corrected chi connectivity index (χ4v) is 2.99. The molecule has 0 saturated heterocycles. The van der Waals surface area contributed by atoms with Crippen LogP contribution in [-0.2, 0) is 7.05 Å². The molecule has 0 bridgehead atoms. The Morgan fingerprint density at radius 1 is 1.15 bits per heavy atom. The van der Waals surface area contributed by atoms with Crippen LogP contribution in [0, 0.1) is 20.8 Å². The van der Waals surface area contributed by atoms with E-state index in [1.54, 1.807) is 23.3 Å². The molecule has 0 aromatic carbocycles. The SMILES string of the molecule is Cc1nc(-c2ccncc2)ncc1[C@@H](C)NC(=O)c1c(C)nn(C)c1C. The van der Waals surface area contributed by atoms with E-state index < -0.39 is 0 Å². The minimum Gasteiger partial charge on any atom is -0.345 e.